The molecule has 158 valence electrons. The van der Waals surface area contributed by atoms with Crippen molar-refractivity contribution in [3.05, 3.63) is 70.4 Å². The van der Waals surface area contributed by atoms with Gasteiger partial charge in [-0.05, 0) is 53.4 Å². The summed E-state index contributed by atoms with van der Waals surface area (Å²) >= 11 is 1.19. The van der Waals surface area contributed by atoms with Crippen LogP contribution >= 0.6 is 11.3 Å². The maximum Gasteiger partial charge on any atom is 0.264 e. The van der Waals surface area contributed by atoms with E-state index in [9.17, 15) is 13.2 Å². The van der Waals surface area contributed by atoms with Gasteiger partial charge in [-0.1, -0.05) is 12.1 Å². The first kappa shape index (κ1) is 21.7. The summed E-state index contributed by atoms with van der Waals surface area (Å²) in [6.45, 7) is 0.315. The van der Waals surface area contributed by atoms with Gasteiger partial charge in [-0.2, -0.15) is 0 Å². The van der Waals surface area contributed by atoms with Crippen LogP contribution in [0.4, 0.5) is 5.69 Å². The molecular weight excluding hydrogens is 424 g/mol. The molecule has 30 heavy (non-hydrogen) atoms. The van der Waals surface area contributed by atoms with E-state index in [1.54, 1.807) is 30.7 Å². The van der Waals surface area contributed by atoms with Crippen molar-refractivity contribution in [2.75, 3.05) is 25.6 Å². The summed E-state index contributed by atoms with van der Waals surface area (Å²) in [5.74, 6) is 0.953. The fraction of sp³-hybridized carbons (Fsp3) is 0.190. The minimum atomic E-state index is -3.83. The van der Waals surface area contributed by atoms with Crippen LogP contribution in [0.5, 0.6) is 11.5 Å². The third-order valence-corrected chi connectivity index (χ3v) is 7.21. The number of carbonyl (C=O) groups excluding carboxylic acids is 1. The van der Waals surface area contributed by atoms with Crippen molar-refractivity contribution < 1.29 is 22.7 Å². The standard InChI is InChI=1S/C21H22N2O5S2/c1-23(30(25,26)18-10-8-17(28-3)9-11-18)19-12-13-29-20(19)21(24)22-14-15-4-6-16(27-2)7-5-15/h4-13H,14H2,1-3H3,(H,22,24). The molecule has 1 heterocycles. The minimum Gasteiger partial charge on any atom is -0.497 e. The third-order valence-electron chi connectivity index (χ3n) is 4.52. The molecule has 1 aromatic heterocycles. The molecule has 0 bridgehead atoms. The highest BCUT2D eigenvalue weighted by Crippen LogP contribution is 2.30. The summed E-state index contributed by atoms with van der Waals surface area (Å²) in [7, 11) is 0.706. The first-order valence-electron chi connectivity index (χ1n) is 8.98. The largest absolute Gasteiger partial charge is 0.497 e. The number of ether oxygens (including phenoxy) is 2. The molecule has 0 spiro atoms. The van der Waals surface area contributed by atoms with E-state index in [1.165, 1.54) is 37.6 Å². The summed E-state index contributed by atoms with van der Waals surface area (Å²) in [6, 6.07) is 15.1. The monoisotopic (exact) mass is 446 g/mol. The normalized spacial score (nSPS) is 11.0. The number of methoxy groups -OCH3 is 2. The number of anilines is 1. The number of rotatable bonds is 8. The Morgan fingerprint density at radius 1 is 0.967 bits per heavy atom. The smallest absolute Gasteiger partial charge is 0.264 e. The van der Waals surface area contributed by atoms with Crippen LogP contribution in [0.25, 0.3) is 0 Å². The fourth-order valence-corrected chi connectivity index (χ4v) is 4.86. The van der Waals surface area contributed by atoms with Gasteiger partial charge in [0.05, 0.1) is 24.8 Å². The number of hydrogen-bond donors (Lipinski definition) is 1. The highest BCUT2D eigenvalue weighted by molar-refractivity contribution is 7.92. The highest BCUT2D eigenvalue weighted by Gasteiger charge is 2.26. The molecule has 9 heteroatoms. The van der Waals surface area contributed by atoms with Gasteiger partial charge in [0.1, 0.15) is 16.4 Å². The van der Waals surface area contributed by atoms with E-state index in [2.05, 4.69) is 5.32 Å². The van der Waals surface area contributed by atoms with Crippen LogP contribution in [0.3, 0.4) is 0 Å². The molecule has 0 aliphatic rings. The molecule has 0 saturated carbocycles. The molecule has 0 fully saturated rings. The number of nitrogens with one attached hydrogen (secondary N) is 1. The van der Waals surface area contributed by atoms with E-state index < -0.39 is 10.0 Å². The van der Waals surface area contributed by atoms with Crippen molar-refractivity contribution >= 4 is 33.0 Å². The number of nitrogens with zero attached hydrogens (tertiary/aromatic N) is 1. The quantitative estimate of drug-likeness (QED) is 0.572. The van der Waals surface area contributed by atoms with Gasteiger partial charge < -0.3 is 14.8 Å². The molecule has 0 unspecified atom stereocenters. The molecule has 3 aromatic rings. The second kappa shape index (κ2) is 9.19. The van der Waals surface area contributed by atoms with Crippen LogP contribution in [-0.2, 0) is 16.6 Å². The van der Waals surface area contributed by atoms with Gasteiger partial charge in [0.15, 0.2) is 0 Å². The van der Waals surface area contributed by atoms with Crippen molar-refractivity contribution in [1.29, 1.82) is 0 Å². The van der Waals surface area contributed by atoms with Gasteiger partial charge in [-0.25, -0.2) is 8.42 Å². The predicted molar refractivity (Wildman–Crippen MR) is 117 cm³/mol. The van der Waals surface area contributed by atoms with E-state index in [0.717, 1.165) is 15.6 Å². The Morgan fingerprint density at radius 3 is 2.10 bits per heavy atom. The molecule has 0 atom stereocenters. The SMILES string of the molecule is COc1ccc(CNC(=O)c2sccc2N(C)S(=O)(=O)c2ccc(OC)cc2)cc1. The number of sulfonamides is 1. The summed E-state index contributed by atoms with van der Waals surface area (Å²) in [5, 5.41) is 4.53. The Bertz CT molecular complexity index is 1110. The summed E-state index contributed by atoms with van der Waals surface area (Å²) in [6.07, 6.45) is 0. The Hall–Kier alpha value is -3.04. The van der Waals surface area contributed by atoms with Crippen molar-refractivity contribution in [2.24, 2.45) is 0 Å². The third kappa shape index (κ3) is 4.58. The second-order valence-electron chi connectivity index (χ2n) is 6.31. The number of hydrogen-bond acceptors (Lipinski definition) is 6. The molecule has 2 aromatic carbocycles. The lowest BCUT2D eigenvalue weighted by atomic mass is 10.2. The fourth-order valence-electron chi connectivity index (χ4n) is 2.76. The van der Waals surface area contributed by atoms with Gasteiger partial charge in [-0.15, -0.1) is 11.3 Å². The number of benzene rings is 2. The average Bonchev–Trinajstić information content (AvgIpc) is 3.27. The van der Waals surface area contributed by atoms with E-state index in [-0.39, 0.29) is 10.8 Å². The lowest BCUT2D eigenvalue weighted by molar-refractivity contribution is 0.0955. The minimum absolute atomic E-state index is 0.113. The zero-order chi connectivity index (χ0) is 21.7. The Morgan fingerprint density at radius 2 is 1.53 bits per heavy atom. The zero-order valence-corrected chi connectivity index (χ0v) is 18.4. The molecule has 0 saturated heterocycles. The number of thiophene rings is 1. The Labute approximate surface area is 179 Å². The van der Waals surface area contributed by atoms with Crippen molar-refractivity contribution in [1.82, 2.24) is 5.32 Å². The van der Waals surface area contributed by atoms with Gasteiger partial charge >= 0.3 is 0 Å². The lowest BCUT2D eigenvalue weighted by Crippen LogP contribution is -2.29. The molecule has 1 amide bonds. The molecule has 1 N–H and O–H groups in total. The molecule has 0 radical (unpaired) electrons. The van der Waals surface area contributed by atoms with Crippen molar-refractivity contribution in [2.45, 2.75) is 11.4 Å². The predicted octanol–water partition coefficient (Wildman–Crippen LogP) is 3.52. The Kier molecular flexibility index (Phi) is 6.63. The first-order valence-corrected chi connectivity index (χ1v) is 11.3. The highest BCUT2D eigenvalue weighted by atomic mass is 32.2. The van der Waals surface area contributed by atoms with Crippen LogP contribution in [0.1, 0.15) is 15.2 Å². The van der Waals surface area contributed by atoms with Crippen LogP contribution in [0.2, 0.25) is 0 Å². The van der Waals surface area contributed by atoms with E-state index in [0.29, 0.717) is 22.9 Å². The average molecular weight is 447 g/mol. The second-order valence-corrected chi connectivity index (χ2v) is 9.20. The molecule has 0 aliphatic heterocycles. The molecule has 0 aliphatic carbocycles. The maximum absolute atomic E-state index is 13.0. The van der Waals surface area contributed by atoms with Gasteiger partial charge in [0.25, 0.3) is 15.9 Å². The van der Waals surface area contributed by atoms with E-state index in [4.69, 9.17) is 9.47 Å². The summed E-state index contributed by atoms with van der Waals surface area (Å²) in [4.78, 5) is 13.1. The van der Waals surface area contributed by atoms with Crippen molar-refractivity contribution in [3.63, 3.8) is 0 Å². The van der Waals surface area contributed by atoms with Crippen LogP contribution in [-0.4, -0.2) is 35.6 Å². The van der Waals surface area contributed by atoms with Crippen LogP contribution < -0.4 is 19.1 Å². The summed E-state index contributed by atoms with van der Waals surface area (Å²) < 4.78 is 37.3. The van der Waals surface area contributed by atoms with Gasteiger partial charge in [0.2, 0.25) is 0 Å². The van der Waals surface area contributed by atoms with E-state index >= 15 is 0 Å². The first-order chi connectivity index (χ1) is 14.4. The zero-order valence-electron chi connectivity index (χ0n) is 16.8. The maximum atomic E-state index is 13.0. The topological polar surface area (TPSA) is 84.9 Å². The van der Waals surface area contributed by atoms with Gasteiger partial charge in [0, 0.05) is 13.6 Å². The summed E-state index contributed by atoms with van der Waals surface area (Å²) in [5.41, 5.74) is 1.23. The molecular formula is C21H22N2O5S2. The van der Waals surface area contributed by atoms with Crippen LogP contribution in [0.15, 0.2) is 64.9 Å². The van der Waals surface area contributed by atoms with Crippen molar-refractivity contribution in [3.8, 4) is 11.5 Å². The van der Waals surface area contributed by atoms with Crippen LogP contribution in [0, 0.1) is 0 Å². The molecule has 3 rings (SSSR count). The van der Waals surface area contributed by atoms with Gasteiger partial charge in [-0.3, -0.25) is 9.10 Å². The number of amides is 1. The Balaban J connectivity index is 1.76. The lowest BCUT2D eigenvalue weighted by Gasteiger charge is -2.20. The van der Waals surface area contributed by atoms with E-state index in [1.807, 2.05) is 24.3 Å². The molecule has 7 nitrogen and oxygen atoms in total. The number of carbonyl (C=O) groups is 1.